The monoisotopic (exact) mass is 229 g/mol. The van der Waals surface area contributed by atoms with Crippen molar-refractivity contribution in [1.82, 2.24) is 10.2 Å². The number of likely N-dealkylation sites (N-methyl/N-ethyl adjacent to an activating group) is 1. The number of nitrogens with two attached hydrogens (primary N) is 1. The van der Waals surface area contributed by atoms with E-state index in [-0.39, 0.29) is 17.9 Å². The van der Waals surface area contributed by atoms with E-state index in [4.69, 9.17) is 5.73 Å². The molecule has 0 saturated heterocycles. The van der Waals surface area contributed by atoms with Crippen LogP contribution in [-0.4, -0.2) is 42.5 Å². The molecule has 0 saturated carbocycles. The maximum atomic E-state index is 11.7. The van der Waals surface area contributed by atoms with Gasteiger partial charge in [-0.3, -0.25) is 4.79 Å². The van der Waals surface area contributed by atoms with Gasteiger partial charge in [0.2, 0.25) is 5.91 Å². The highest BCUT2D eigenvalue weighted by atomic mass is 16.2. The second kappa shape index (κ2) is 7.63. The van der Waals surface area contributed by atoms with Gasteiger partial charge in [0.25, 0.3) is 0 Å². The molecule has 0 rings (SSSR count). The van der Waals surface area contributed by atoms with E-state index >= 15 is 0 Å². The van der Waals surface area contributed by atoms with Crippen LogP contribution in [0.15, 0.2) is 0 Å². The van der Waals surface area contributed by atoms with E-state index in [1.165, 1.54) is 0 Å². The van der Waals surface area contributed by atoms with Crippen molar-refractivity contribution in [3.8, 4) is 0 Å². The van der Waals surface area contributed by atoms with Crippen molar-refractivity contribution in [3.05, 3.63) is 0 Å². The normalized spacial score (nSPS) is 15.2. The fourth-order valence-corrected chi connectivity index (χ4v) is 1.56. The van der Waals surface area contributed by atoms with Gasteiger partial charge in [0.05, 0.1) is 6.04 Å². The van der Waals surface area contributed by atoms with E-state index < -0.39 is 6.04 Å². The van der Waals surface area contributed by atoms with Crippen LogP contribution in [0.2, 0.25) is 0 Å². The van der Waals surface area contributed by atoms with Crippen molar-refractivity contribution in [2.45, 2.75) is 46.7 Å². The van der Waals surface area contributed by atoms with E-state index in [0.717, 1.165) is 19.6 Å². The van der Waals surface area contributed by atoms with Crippen LogP contribution < -0.4 is 11.1 Å². The first kappa shape index (κ1) is 15.4. The maximum absolute atomic E-state index is 11.7. The number of amides is 1. The van der Waals surface area contributed by atoms with Crippen LogP contribution in [0.1, 0.15) is 34.6 Å². The Labute approximate surface area is 99.6 Å². The molecule has 0 bridgehead atoms. The zero-order valence-corrected chi connectivity index (χ0v) is 11.3. The van der Waals surface area contributed by atoms with E-state index in [9.17, 15) is 4.79 Å². The summed E-state index contributed by atoms with van der Waals surface area (Å²) in [6, 6.07) is -0.253. The van der Waals surface area contributed by atoms with Gasteiger partial charge in [-0.15, -0.1) is 0 Å². The molecule has 0 aromatic rings. The summed E-state index contributed by atoms with van der Waals surface area (Å²) in [5.74, 6) is 0.135. The molecule has 0 radical (unpaired) electrons. The minimum Gasteiger partial charge on any atom is -0.351 e. The third-order valence-corrected chi connectivity index (χ3v) is 2.84. The highest BCUT2D eigenvalue weighted by Gasteiger charge is 2.19. The molecule has 1 amide bonds. The number of rotatable bonds is 7. The second-order valence-corrected chi connectivity index (χ2v) is 4.67. The summed E-state index contributed by atoms with van der Waals surface area (Å²) in [6.45, 7) is 13.1. The van der Waals surface area contributed by atoms with Gasteiger partial charge < -0.3 is 16.0 Å². The smallest absolute Gasteiger partial charge is 0.237 e. The minimum atomic E-state index is -0.404. The van der Waals surface area contributed by atoms with Gasteiger partial charge in [0.15, 0.2) is 0 Å². The summed E-state index contributed by atoms with van der Waals surface area (Å²) in [5.41, 5.74) is 5.78. The molecule has 0 heterocycles. The molecule has 4 nitrogen and oxygen atoms in total. The van der Waals surface area contributed by atoms with Crippen LogP contribution in [-0.2, 0) is 4.79 Å². The third-order valence-electron chi connectivity index (χ3n) is 2.84. The number of carbonyl (C=O) groups is 1. The SMILES string of the molecule is CCN(CC)CC(C)NC(=O)[C@H](N)C(C)C. The average molecular weight is 229 g/mol. The van der Waals surface area contributed by atoms with Gasteiger partial charge in [-0.25, -0.2) is 0 Å². The first-order valence-corrected chi connectivity index (χ1v) is 6.20. The van der Waals surface area contributed by atoms with Crippen molar-refractivity contribution in [2.24, 2.45) is 11.7 Å². The number of hydrogen-bond donors (Lipinski definition) is 2. The van der Waals surface area contributed by atoms with E-state index in [1.807, 2.05) is 20.8 Å². The predicted octanol–water partition coefficient (Wildman–Crippen LogP) is 0.816. The zero-order valence-electron chi connectivity index (χ0n) is 11.3. The van der Waals surface area contributed by atoms with Gasteiger partial charge in [-0.05, 0) is 25.9 Å². The Morgan fingerprint density at radius 3 is 2.12 bits per heavy atom. The van der Waals surface area contributed by atoms with Crippen LogP contribution >= 0.6 is 0 Å². The van der Waals surface area contributed by atoms with E-state index in [0.29, 0.717) is 0 Å². The Balaban J connectivity index is 4.04. The summed E-state index contributed by atoms with van der Waals surface area (Å²) in [4.78, 5) is 14.0. The average Bonchev–Trinajstić information content (AvgIpc) is 2.24. The topological polar surface area (TPSA) is 58.4 Å². The van der Waals surface area contributed by atoms with Gasteiger partial charge in [0.1, 0.15) is 0 Å². The number of nitrogens with one attached hydrogen (secondary N) is 1. The van der Waals surface area contributed by atoms with Crippen LogP contribution in [0.25, 0.3) is 0 Å². The summed E-state index contributed by atoms with van der Waals surface area (Å²) >= 11 is 0. The Kier molecular flexibility index (Phi) is 7.34. The largest absolute Gasteiger partial charge is 0.351 e. The molecule has 2 atom stereocenters. The molecule has 0 aliphatic heterocycles. The summed E-state index contributed by atoms with van der Waals surface area (Å²) in [7, 11) is 0. The number of nitrogens with zero attached hydrogens (tertiary/aromatic N) is 1. The highest BCUT2D eigenvalue weighted by molar-refractivity contribution is 5.81. The Bertz CT molecular complexity index is 202. The fraction of sp³-hybridized carbons (Fsp3) is 0.917. The summed E-state index contributed by atoms with van der Waals surface area (Å²) in [5, 5.41) is 2.95. The van der Waals surface area contributed by atoms with E-state index in [2.05, 4.69) is 24.1 Å². The molecule has 0 aromatic carbocycles. The Morgan fingerprint density at radius 2 is 1.75 bits per heavy atom. The molecule has 96 valence electrons. The van der Waals surface area contributed by atoms with Crippen molar-refractivity contribution < 1.29 is 4.79 Å². The zero-order chi connectivity index (χ0) is 12.7. The molecule has 4 heteroatoms. The maximum Gasteiger partial charge on any atom is 0.237 e. The lowest BCUT2D eigenvalue weighted by Crippen LogP contribution is -2.50. The highest BCUT2D eigenvalue weighted by Crippen LogP contribution is 1.99. The van der Waals surface area contributed by atoms with Gasteiger partial charge in [0, 0.05) is 12.6 Å². The van der Waals surface area contributed by atoms with Crippen LogP contribution in [0, 0.1) is 5.92 Å². The molecule has 0 aliphatic rings. The van der Waals surface area contributed by atoms with Gasteiger partial charge >= 0.3 is 0 Å². The molecule has 1 unspecified atom stereocenters. The van der Waals surface area contributed by atoms with Crippen molar-refractivity contribution in [2.75, 3.05) is 19.6 Å². The molecule has 3 N–H and O–H groups in total. The molecule has 0 aromatic heterocycles. The van der Waals surface area contributed by atoms with Gasteiger partial charge in [-0.1, -0.05) is 27.7 Å². The standard InChI is InChI=1S/C12H27N3O/c1-6-15(7-2)8-10(5)14-12(16)11(13)9(3)4/h9-11H,6-8,13H2,1-5H3,(H,14,16)/t10?,11-/m1/s1. The first-order chi connectivity index (χ1) is 7.42. The van der Waals surface area contributed by atoms with Crippen LogP contribution in [0.5, 0.6) is 0 Å². The predicted molar refractivity (Wildman–Crippen MR) is 68.2 cm³/mol. The Hall–Kier alpha value is -0.610. The Morgan fingerprint density at radius 1 is 1.25 bits per heavy atom. The fourth-order valence-electron chi connectivity index (χ4n) is 1.56. The molecule has 0 fully saturated rings. The summed E-state index contributed by atoms with van der Waals surface area (Å²) < 4.78 is 0. The molecule has 0 spiro atoms. The minimum absolute atomic E-state index is 0.0466. The second-order valence-electron chi connectivity index (χ2n) is 4.67. The van der Waals surface area contributed by atoms with Crippen LogP contribution in [0.3, 0.4) is 0 Å². The molecule has 16 heavy (non-hydrogen) atoms. The van der Waals surface area contributed by atoms with Gasteiger partial charge in [-0.2, -0.15) is 0 Å². The lowest BCUT2D eigenvalue weighted by atomic mass is 10.0. The molecule has 0 aliphatic carbocycles. The third kappa shape index (κ3) is 5.47. The van der Waals surface area contributed by atoms with Crippen molar-refractivity contribution in [1.29, 1.82) is 0 Å². The molecular formula is C12H27N3O. The molecular weight excluding hydrogens is 202 g/mol. The quantitative estimate of drug-likeness (QED) is 0.679. The lowest BCUT2D eigenvalue weighted by molar-refractivity contribution is -0.123. The van der Waals surface area contributed by atoms with Crippen LogP contribution in [0.4, 0.5) is 0 Å². The number of hydrogen-bond acceptors (Lipinski definition) is 3. The van der Waals surface area contributed by atoms with Crippen molar-refractivity contribution >= 4 is 5.91 Å². The van der Waals surface area contributed by atoms with E-state index in [1.54, 1.807) is 0 Å². The summed E-state index contributed by atoms with van der Waals surface area (Å²) in [6.07, 6.45) is 0. The van der Waals surface area contributed by atoms with Crippen molar-refractivity contribution in [3.63, 3.8) is 0 Å². The number of carbonyl (C=O) groups excluding carboxylic acids is 1. The first-order valence-electron chi connectivity index (χ1n) is 6.20. The lowest BCUT2D eigenvalue weighted by Gasteiger charge is -2.25.